The van der Waals surface area contributed by atoms with Crippen LogP contribution in [-0.2, 0) is 33.4 Å². The second kappa shape index (κ2) is 8.04. The summed E-state index contributed by atoms with van der Waals surface area (Å²) < 4.78 is 8.13. The molecule has 0 fully saturated rings. The lowest BCUT2D eigenvalue weighted by Gasteiger charge is -2.20. The molecule has 0 spiro atoms. The third-order valence-electron chi connectivity index (χ3n) is 2.06. The topological polar surface area (TPSA) is 196 Å². The van der Waals surface area contributed by atoms with Gasteiger partial charge in [-0.2, -0.15) is 0 Å². The van der Waals surface area contributed by atoms with Crippen LogP contribution in [0.4, 0.5) is 0 Å². The van der Waals surface area contributed by atoms with Crippen molar-refractivity contribution in [1.82, 2.24) is 0 Å². The maximum absolute atomic E-state index is 11.2. The number of aliphatic carboxylic acids is 1. The van der Waals surface area contributed by atoms with E-state index in [9.17, 15) is 29.1 Å². The van der Waals surface area contributed by atoms with Crippen LogP contribution in [0.25, 0.3) is 0 Å². The number of ether oxygens (including phenoxy) is 2. The number of hydrogen-bond donors (Lipinski definition) is 4. The summed E-state index contributed by atoms with van der Waals surface area (Å²) >= 11 is 0. The normalized spacial score (nSPS) is 10.6. The molecule has 0 aromatic carbocycles. The summed E-state index contributed by atoms with van der Waals surface area (Å²) in [5, 5.41) is 18.5. The van der Waals surface area contributed by atoms with Gasteiger partial charge in [-0.1, -0.05) is 0 Å². The van der Waals surface area contributed by atoms with E-state index in [-0.39, 0.29) is 0 Å². The first kappa shape index (κ1) is 18.6. The van der Waals surface area contributed by atoms with Gasteiger partial charge in [0.05, 0.1) is 25.9 Å². The van der Waals surface area contributed by atoms with Crippen LogP contribution < -0.4 is 11.5 Å². The number of rotatable bonds is 7. The van der Waals surface area contributed by atoms with E-state index in [1.165, 1.54) is 0 Å². The molecular formula is C10H14N2O9. The van der Waals surface area contributed by atoms with Crippen LogP contribution in [0.15, 0.2) is 0 Å². The Bertz CT molecular complexity index is 427. The van der Waals surface area contributed by atoms with Crippen molar-refractivity contribution in [3.05, 3.63) is 0 Å². The SMILES string of the molecule is NCC(=O)OC(=O)CC(O)(CC(=O)OC(=O)CN)C(=O)O. The molecule has 0 aromatic heterocycles. The summed E-state index contributed by atoms with van der Waals surface area (Å²) in [6.07, 6.45) is -2.44. The molecule has 0 heterocycles. The van der Waals surface area contributed by atoms with E-state index >= 15 is 0 Å². The Morgan fingerprint density at radius 3 is 1.38 bits per heavy atom. The van der Waals surface area contributed by atoms with Gasteiger partial charge in [-0.15, -0.1) is 0 Å². The van der Waals surface area contributed by atoms with Crippen molar-refractivity contribution in [2.24, 2.45) is 11.5 Å². The number of carbonyl (C=O) groups is 5. The lowest BCUT2D eigenvalue weighted by molar-refractivity contribution is -0.176. The maximum atomic E-state index is 11.2. The summed E-state index contributed by atoms with van der Waals surface area (Å²) in [5.41, 5.74) is 6.83. The molecule has 0 saturated heterocycles. The predicted molar refractivity (Wildman–Crippen MR) is 62.1 cm³/mol. The lowest BCUT2D eigenvalue weighted by Crippen LogP contribution is -2.44. The van der Waals surface area contributed by atoms with Gasteiger partial charge in [0.2, 0.25) is 0 Å². The zero-order valence-corrected chi connectivity index (χ0v) is 10.7. The maximum Gasteiger partial charge on any atom is 0.336 e. The Kier molecular flexibility index (Phi) is 7.13. The van der Waals surface area contributed by atoms with E-state index in [0.717, 1.165) is 0 Å². The average Bonchev–Trinajstić information content (AvgIpc) is 2.37. The number of carboxylic acids is 1. The van der Waals surface area contributed by atoms with Crippen LogP contribution in [0.3, 0.4) is 0 Å². The minimum absolute atomic E-state index is 0.635. The van der Waals surface area contributed by atoms with Crippen molar-refractivity contribution in [2.45, 2.75) is 18.4 Å². The molecule has 0 bridgehead atoms. The highest BCUT2D eigenvalue weighted by atomic mass is 16.6. The van der Waals surface area contributed by atoms with E-state index in [2.05, 4.69) is 9.47 Å². The first-order chi connectivity index (χ1) is 9.64. The fourth-order valence-electron chi connectivity index (χ4n) is 1.10. The Hall–Kier alpha value is -2.37. The highest BCUT2D eigenvalue weighted by Gasteiger charge is 2.42. The smallest absolute Gasteiger partial charge is 0.336 e. The summed E-state index contributed by atoms with van der Waals surface area (Å²) in [7, 11) is 0. The van der Waals surface area contributed by atoms with Gasteiger partial charge in [-0.3, -0.25) is 19.2 Å². The van der Waals surface area contributed by atoms with Gasteiger partial charge in [-0.05, 0) is 0 Å². The van der Waals surface area contributed by atoms with Gasteiger partial charge in [-0.25, -0.2) is 4.79 Å². The Balaban J connectivity index is 4.81. The second-order valence-corrected chi connectivity index (χ2v) is 3.79. The van der Waals surface area contributed by atoms with Crippen LogP contribution in [0, 0.1) is 0 Å². The number of esters is 4. The Morgan fingerprint density at radius 2 is 1.14 bits per heavy atom. The van der Waals surface area contributed by atoms with Crippen LogP contribution >= 0.6 is 0 Å². The molecule has 0 atom stereocenters. The van der Waals surface area contributed by atoms with E-state index in [4.69, 9.17) is 16.6 Å². The molecule has 11 heteroatoms. The number of carboxylic acid groups (broad SMARTS) is 1. The van der Waals surface area contributed by atoms with Crippen molar-refractivity contribution < 1.29 is 43.7 Å². The molecule has 0 aliphatic rings. The van der Waals surface area contributed by atoms with Crippen molar-refractivity contribution in [3.63, 3.8) is 0 Å². The fourth-order valence-corrected chi connectivity index (χ4v) is 1.10. The highest BCUT2D eigenvalue weighted by Crippen LogP contribution is 2.18. The summed E-state index contributed by atoms with van der Waals surface area (Å²) in [6.45, 7) is -1.27. The predicted octanol–water partition coefficient (Wildman–Crippen LogP) is -3.36. The van der Waals surface area contributed by atoms with Crippen molar-refractivity contribution in [2.75, 3.05) is 13.1 Å². The zero-order chi connectivity index (χ0) is 16.6. The lowest BCUT2D eigenvalue weighted by atomic mass is 9.96. The van der Waals surface area contributed by atoms with Crippen LogP contribution in [0.5, 0.6) is 0 Å². The minimum atomic E-state index is -2.90. The van der Waals surface area contributed by atoms with Crippen LogP contribution in [0.2, 0.25) is 0 Å². The molecule has 0 aliphatic heterocycles. The molecule has 0 rings (SSSR count). The van der Waals surface area contributed by atoms with Gasteiger partial charge in [0.1, 0.15) is 0 Å². The number of hydrogen-bond acceptors (Lipinski definition) is 10. The minimum Gasteiger partial charge on any atom is -0.479 e. The highest BCUT2D eigenvalue weighted by molar-refractivity contribution is 5.94. The number of carbonyl (C=O) groups excluding carboxylic acids is 4. The third-order valence-corrected chi connectivity index (χ3v) is 2.06. The Morgan fingerprint density at radius 1 is 0.810 bits per heavy atom. The largest absolute Gasteiger partial charge is 0.479 e. The fraction of sp³-hybridized carbons (Fsp3) is 0.500. The van der Waals surface area contributed by atoms with Crippen molar-refractivity contribution in [3.8, 4) is 0 Å². The molecule has 0 aromatic rings. The van der Waals surface area contributed by atoms with Gasteiger partial charge in [0.15, 0.2) is 5.60 Å². The molecule has 118 valence electrons. The van der Waals surface area contributed by atoms with Gasteiger partial charge < -0.3 is 31.2 Å². The monoisotopic (exact) mass is 306 g/mol. The van der Waals surface area contributed by atoms with E-state index in [1.54, 1.807) is 0 Å². The molecule has 0 amide bonds. The van der Waals surface area contributed by atoms with E-state index in [1.807, 2.05) is 0 Å². The second-order valence-electron chi connectivity index (χ2n) is 3.79. The quantitative estimate of drug-likeness (QED) is 0.270. The molecular weight excluding hydrogens is 292 g/mol. The zero-order valence-electron chi connectivity index (χ0n) is 10.7. The van der Waals surface area contributed by atoms with Gasteiger partial charge >= 0.3 is 29.8 Å². The van der Waals surface area contributed by atoms with E-state index < -0.39 is 61.4 Å². The first-order valence-electron chi connectivity index (χ1n) is 5.47. The van der Waals surface area contributed by atoms with Gasteiger partial charge in [0, 0.05) is 0 Å². The molecule has 0 unspecified atom stereocenters. The van der Waals surface area contributed by atoms with Crippen LogP contribution in [0.1, 0.15) is 12.8 Å². The standard InChI is InChI=1S/C10H14N2O9/c11-3-7(15)20-5(13)1-10(19,9(17)18)2-6(14)21-8(16)4-12/h19H,1-4,11-12H2,(H,17,18). The molecule has 0 aliphatic carbocycles. The van der Waals surface area contributed by atoms with Crippen molar-refractivity contribution >= 4 is 29.8 Å². The molecule has 21 heavy (non-hydrogen) atoms. The Labute approximate surface area is 117 Å². The van der Waals surface area contributed by atoms with Crippen molar-refractivity contribution in [1.29, 1.82) is 0 Å². The molecule has 6 N–H and O–H groups in total. The third kappa shape index (κ3) is 6.56. The summed E-state index contributed by atoms with van der Waals surface area (Å²) in [6, 6.07) is 0. The molecule has 0 saturated carbocycles. The first-order valence-corrected chi connectivity index (χ1v) is 5.47. The average molecular weight is 306 g/mol. The number of nitrogens with two attached hydrogens (primary N) is 2. The molecule has 0 radical (unpaired) electrons. The van der Waals surface area contributed by atoms with Crippen LogP contribution in [-0.4, -0.2) is 58.8 Å². The van der Waals surface area contributed by atoms with E-state index in [0.29, 0.717) is 0 Å². The number of aliphatic hydroxyl groups is 1. The summed E-state index contributed by atoms with van der Waals surface area (Å²) in [4.78, 5) is 54.9. The molecule has 11 nitrogen and oxygen atoms in total. The van der Waals surface area contributed by atoms with Gasteiger partial charge in [0.25, 0.3) is 0 Å². The summed E-state index contributed by atoms with van der Waals surface area (Å²) in [5.74, 6) is -7.05.